The van der Waals surface area contributed by atoms with Crippen molar-refractivity contribution in [2.24, 2.45) is 5.10 Å². The molecule has 5 nitrogen and oxygen atoms in total. The van der Waals surface area contributed by atoms with E-state index in [0.29, 0.717) is 29.0 Å². The van der Waals surface area contributed by atoms with E-state index in [4.69, 9.17) is 21.7 Å². The molecule has 0 bridgehead atoms. The molecule has 0 spiro atoms. The summed E-state index contributed by atoms with van der Waals surface area (Å²) in [6, 6.07) is 15.1. The van der Waals surface area contributed by atoms with Gasteiger partial charge >= 0.3 is 0 Å². The average molecular weight is 451 g/mol. The average Bonchev–Trinajstić information content (AvgIpc) is 2.97. The monoisotopic (exact) mass is 450 g/mol. The number of thiocarbonyl (C=S) groups is 1. The van der Waals surface area contributed by atoms with Crippen molar-refractivity contribution in [1.82, 2.24) is 5.01 Å². The van der Waals surface area contributed by atoms with Crippen LogP contribution in [0.4, 0.5) is 0 Å². The third-order valence-corrected chi connectivity index (χ3v) is 5.21. The number of benzene rings is 2. The van der Waals surface area contributed by atoms with E-state index in [1.54, 1.807) is 6.21 Å². The Labute approximate surface area is 169 Å². The maximum absolute atomic E-state index is 11.6. The first kappa shape index (κ1) is 18.9. The fourth-order valence-corrected chi connectivity index (χ4v) is 3.35. The topological polar surface area (TPSA) is 51.1 Å². The molecule has 0 atom stereocenters. The van der Waals surface area contributed by atoms with Gasteiger partial charge in [0.1, 0.15) is 24.7 Å². The van der Waals surface area contributed by atoms with Crippen LogP contribution in [0.15, 0.2) is 58.1 Å². The first-order valence-electron chi connectivity index (χ1n) is 7.77. The number of ether oxygens (including phenoxy) is 2. The number of hydrogen-bond donors (Lipinski definition) is 0. The predicted molar refractivity (Wildman–Crippen MR) is 111 cm³/mol. The zero-order valence-corrected chi connectivity index (χ0v) is 16.9. The van der Waals surface area contributed by atoms with Crippen LogP contribution in [0.2, 0.25) is 0 Å². The third-order valence-electron chi connectivity index (χ3n) is 3.34. The summed E-state index contributed by atoms with van der Waals surface area (Å²) in [5.41, 5.74) is 0.823. The second-order valence-corrected chi connectivity index (χ2v) is 7.75. The fraction of sp³-hybridized carbons (Fsp3) is 0.167. The molecular formula is C18H15BrN2O3S2. The first-order valence-corrected chi connectivity index (χ1v) is 9.95. The minimum Gasteiger partial charge on any atom is -0.490 e. The van der Waals surface area contributed by atoms with Crippen molar-refractivity contribution >= 4 is 56.4 Å². The van der Waals surface area contributed by atoms with Gasteiger partial charge in [0.05, 0.1) is 12.0 Å². The molecule has 8 heteroatoms. The Kier molecular flexibility index (Phi) is 6.65. The number of carbonyl (C=O) groups excluding carboxylic acids is 1. The third kappa shape index (κ3) is 5.30. The van der Waals surface area contributed by atoms with Gasteiger partial charge in [-0.1, -0.05) is 52.0 Å². The Balaban J connectivity index is 1.50. The molecule has 1 heterocycles. The smallest absolute Gasteiger partial charge is 0.259 e. The van der Waals surface area contributed by atoms with Crippen molar-refractivity contribution in [3.05, 3.63) is 58.6 Å². The zero-order valence-electron chi connectivity index (χ0n) is 13.6. The molecule has 134 valence electrons. The van der Waals surface area contributed by atoms with Crippen molar-refractivity contribution in [1.29, 1.82) is 0 Å². The highest BCUT2D eigenvalue weighted by Gasteiger charge is 2.25. The van der Waals surface area contributed by atoms with Gasteiger partial charge in [-0.25, -0.2) is 0 Å². The summed E-state index contributed by atoms with van der Waals surface area (Å²) in [6.45, 7) is 0.857. The number of hydrazone groups is 1. The molecule has 0 N–H and O–H groups in total. The van der Waals surface area contributed by atoms with E-state index in [2.05, 4.69) is 21.0 Å². The Morgan fingerprint density at radius 2 is 1.88 bits per heavy atom. The van der Waals surface area contributed by atoms with Crippen LogP contribution in [0, 0.1) is 0 Å². The molecule has 0 saturated carbocycles. The van der Waals surface area contributed by atoms with E-state index in [1.165, 1.54) is 16.8 Å². The van der Waals surface area contributed by atoms with E-state index in [-0.39, 0.29) is 5.91 Å². The molecule has 1 aliphatic rings. The van der Waals surface area contributed by atoms with E-state index >= 15 is 0 Å². The van der Waals surface area contributed by atoms with Crippen LogP contribution < -0.4 is 9.47 Å². The van der Waals surface area contributed by atoms with Crippen LogP contribution in [0.3, 0.4) is 0 Å². The van der Waals surface area contributed by atoms with Crippen molar-refractivity contribution in [2.45, 2.75) is 0 Å². The quantitative estimate of drug-likeness (QED) is 0.361. The number of carbonyl (C=O) groups is 1. The second-order valence-electron chi connectivity index (χ2n) is 5.23. The minimum absolute atomic E-state index is 0.103. The summed E-state index contributed by atoms with van der Waals surface area (Å²) < 4.78 is 12.8. The molecule has 2 aromatic carbocycles. The summed E-state index contributed by atoms with van der Waals surface area (Å²) in [7, 11) is 0. The van der Waals surface area contributed by atoms with Crippen LogP contribution in [-0.4, -0.2) is 40.4 Å². The summed E-state index contributed by atoms with van der Waals surface area (Å²) in [6.07, 6.45) is 1.60. The Morgan fingerprint density at radius 1 is 1.15 bits per heavy atom. The van der Waals surface area contributed by atoms with E-state index < -0.39 is 0 Å². The number of thioether (sulfide) groups is 1. The van der Waals surface area contributed by atoms with Gasteiger partial charge in [0.15, 0.2) is 4.32 Å². The van der Waals surface area contributed by atoms with Gasteiger partial charge in [0.25, 0.3) is 5.91 Å². The van der Waals surface area contributed by atoms with Crippen molar-refractivity contribution in [3.63, 3.8) is 0 Å². The molecule has 0 radical (unpaired) electrons. The highest BCUT2D eigenvalue weighted by atomic mass is 79.9. The van der Waals surface area contributed by atoms with Crippen LogP contribution in [0.25, 0.3) is 0 Å². The maximum atomic E-state index is 11.6. The van der Waals surface area contributed by atoms with Crippen LogP contribution in [-0.2, 0) is 4.79 Å². The highest BCUT2D eigenvalue weighted by molar-refractivity contribution is 9.10. The number of nitrogens with zero attached hydrogens (tertiary/aromatic N) is 2. The van der Waals surface area contributed by atoms with Gasteiger partial charge in [-0.15, -0.1) is 0 Å². The van der Waals surface area contributed by atoms with E-state index in [1.807, 2.05) is 48.5 Å². The number of rotatable bonds is 7. The molecule has 0 aromatic heterocycles. The largest absolute Gasteiger partial charge is 0.490 e. The lowest BCUT2D eigenvalue weighted by molar-refractivity contribution is -0.123. The van der Waals surface area contributed by atoms with Crippen molar-refractivity contribution in [3.8, 4) is 11.5 Å². The molecule has 3 rings (SSSR count). The summed E-state index contributed by atoms with van der Waals surface area (Å²) >= 11 is 9.79. The van der Waals surface area contributed by atoms with Gasteiger partial charge < -0.3 is 9.47 Å². The number of halogens is 1. The number of hydrogen-bond acceptors (Lipinski definition) is 6. The van der Waals surface area contributed by atoms with Gasteiger partial charge in [-0.2, -0.15) is 10.1 Å². The zero-order chi connectivity index (χ0) is 18.4. The molecule has 1 amide bonds. The predicted octanol–water partition coefficient (Wildman–Crippen LogP) is 4.10. The molecule has 0 aliphatic carbocycles. The molecule has 1 aliphatic heterocycles. The van der Waals surface area contributed by atoms with Gasteiger partial charge in [-0.3, -0.25) is 4.79 Å². The highest BCUT2D eigenvalue weighted by Crippen LogP contribution is 2.20. The van der Waals surface area contributed by atoms with E-state index in [0.717, 1.165) is 15.8 Å². The molecule has 1 saturated heterocycles. The molecule has 1 fully saturated rings. The van der Waals surface area contributed by atoms with Gasteiger partial charge in [0, 0.05) is 4.47 Å². The van der Waals surface area contributed by atoms with Crippen LogP contribution in [0.1, 0.15) is 5.56 Å². The minimum atomic E-state index is -0.103. The Morgan fingerprint density at radius 3 is 2.58 bits per heavy atom. The lowest BCUT2D eigenvalue weighted by Crippen LogP contribution is -2.22. The Hall–Kier alpha value is -1.90. The van der Waals surface area contributed by atoms with Crippen molar-refractivity contribution in [2.75, 3.05) is 19.0 Å². The normalized spacial score (nSPS) is 14.3. The summed E-state index contributed by atoms with van der Waals surface area (Å²) in [5, 5.41) is 5.40. The van der Waals surface area contributed by atoms with Gasteiger partial charge in [0.2, 0.25) is 0 Å². The maximum Gasteiger partial charge on any atom is 0.259 e. The molecule has 2 aromatic rings. The van der Waals surface area contributed by atoms with Crippen molar-refractivity contribution < 1.29 is 14.3 Å². The van der Waals surface area contributed by atoms with E-state index in [9.17, 15) is 4.79 Å². The van der Waals surface area contributed by atoms with Crippen LogP contribution in [0.5, 0.6) is 11.5 Å². The lowest BCUT2D eigenvalue weighted by atomic mass is 10.2. The summed E-state index contributed by atoms with van der Waals surface area (Å²) in [5.74, 6) is 1.74. The molecule has 26 heavy (non-hydrogen) atoms. The Bertz CT molecular complexity index is 811. The molecular weight excluding hydrogens is 436 g/mol. The second kappa shape index (κ2) is 9.16. The fourth-order valence-electron chi connectivity index (χ4n) is 2.12. The summed E-state index contributed by atoms with van der Waals surface area (Å²) in [4.78, 5) is 11.6. The van der Waals surface area contributed by atoms with Gasteiger partial charge in [-0.05, 0) is 42.0 Å². The lowest BCUT2D eigenvalue weighted by Gasteiger charge is -2.09. The standard InChI is InChI=1S/C18H15BrN2O3S2/c19-14-4-6-15(7-5-14)23-8-9-24-16-3-1-2-13(10-16)11-20-21-17(22)12-26-18(21)25/h1-7,10-11H,8-9,12H2/b20-11+. The first-order chi connectivity index (χ1) is 12.6. The SMILES string of the molecule is O=C1CSC(=S)N1/N=C/c1cccc(OCCOc2ccc(Br)cc2)c1. The molecule has 0 unspecified atom stereocenters. The number of amides is 1. The van der Waals surface area contributed by atoms with Crippen LogP contribution >= 0.6 is 39.9 Å².